The molecule has 0 bridgehead atoms. The Balaban J connectivity index is 1.73. The minimum atomic E-state index is -0.200. The normalized spacial score (nSPS) is 12.2. The maximum absolute atomic E-state index is 12.9. The van der Waals surface area contributed by atoms with Gasteiger partial charge in [0.25, 0.3) is 5.91 Å². The topological polar surface area (TPSA) is 50.2 Å². The third-order valence-electron chi connectivity index (χ3n) is 5.32. The number of carbonyl (C=O) groups excluding carboxylic acids is 1. The summed E-state index contributed by atoms with van der Waals surface area (Å²) in [6.45, 7) is 4.96. The van der Waals surface area contributed by atoms with Gasteiger partial charge < -0.3 is 10.2 Å². The van der Waals surface area contributed by atoms with Crippen LogP contribution in [0.2, 0.25) is 5.15 Å². The summed E-state index contributed by atoms with van der Waals surface area (Å²) < 4.78 is 1.67. The fourth-order valence-electron chi connectivity index (χ4n) is 3.52. The van der Waals surface area contributed by atoms with Crippen LogP contribution in [0.25, 0.3) is 0 Å². The summed E-state index contributed by atoms with van der Waals surface area (Å²) in [5.41, 5.74) is 4.61. The lowest BCUT2D eigenvalue weighted by Gasteiger charge is -2.25. The summed E-state index contributed by atoms with van der Waals surface area (Å²) in [5.74, 6) is -0.200. The van der Waals surface area contributed by atoms with E-state index in [2.05, 4.69) is 46.5 Å². The van der Waals surface area contributed by atoms with Crippen molar-refractivity contribution in [2.75, 3.05) is 20.6 Å². The van der Waals surface area contributed by atoms with Gasteiger partial charge in [-0.25, -0.2) is 4.68 Å². The van der Waals surface area contributed by atoms with Crippen LogP contribution < -0.4 is 5.32 Å². The summed E-state index contributed by atoms with van der Waals surface area (Å²) in [5, 5.41) is 7.89. The fraction of sp³-hybridized carbons (Fsp3) is 0.333. The zero-order chi connectivity index (χ0) is 21.7. The summed E-state index contributed by atoms with van der Waals surface area (Å²) in [6, 6.07) is 18.6. The first-order valence-electron chi connectivity index (χ1n) is 10.2. The van der Waals surface area contributed by atoms with E-state index in [1.54, 1.807) is 4.68 Å². The zero-order valence-corrected chi connectivity index (χ0v) is 18.8. The van der Waals surface area contributed by atoms with Crippen LogP contribution >= 0.6 is 11.6 Å². The summed E-state index contributed by atoms with van der Waals surface area (Å²) in [6.07, 6.45) is 1.01. The third kappa shape index (κ3) is 5.10. The number of rotatable bonds is 8. The monoisotopic (exact) mass is 424 g/mol. The number of likely N-dealkylation sites (N-methyl/N-ethyl adjacent to an activating group) is 1. The van der Waals surface area contributed by atoms with Gasteiger partial charge >= 0.3 is 0 Å². The van der Waals surface area contributed by atoms with Gasteiger partial charge in [-0.3, -0.25) is 4.79 Å². The van der Waals surface area contributed by atoms with Crippen LogP contribution in [0.5, 0.6) is 0 Å². The SMILES string of the molecule is CCc1ccc(C(CNC(=O)c2c(C)nn(Cc3ccccc3)c2Cl)N(C)C)cc1. The molecule has 3 aromatic rings. The summed E-state index contributed by atoms with van der Waals surface area (Å²) >= 11 is 6.53. The van der Waals surface area contributed by atoms with E-state index in [4.69, 9.17) is 11.6 Å². The molecule has 6 heteroatoms. The highest BCUT2D eigenvalue weighted by atomic mass is 35.5. The predicted octanol–water partition coefficient (Wildman–Crippen LogP) is 4.49. The molecule has 0 saturated carbocycles. The molecule has 2 aromatic carbocycles. The quantitative estimate of drug-likeness (QED) is 0.579. The predicted molar refractivity (Wildman–Crippen MR) is 122 cm³/mol. The van der Waals surface area contributed by atoms with Gasteiger partial charge in [0.05, 0.1) is 23.8 Å². The lowest BCUT2D eigenvalue weighted by atomic mass is 10.0. The molecule has 3 rings (SSSR count). The zero-order valence-electron chi connectivity index (χ0n) is 18.0. The molecule has 1 atom stereocenters. The average molecular weight is 425 g/mol. The molecule has 1 amide bonds. The lowest BCUT2D eigenvalue weighted by molar-refractivity contribution is 0.0941. The fourth-order valence-corrected chi connectivity index (χ4v) is 3.84. The van der Waals surface area contributed by atoms with E-state index in [9.17, 15) is 4.79 Å². The first kappa shape index (κ1) is 22.1. The first-order chi connectivity index (χ1) is 14.4. The number of benzene rings is 2. The Hall–Kier alpha value is -2.63. The standard InChI is InChI=1S/C24H29ClN4O/c1-5-18-11-13-20(14-12-18)21(28(3)4)15-26-24(30)22-17(2)27-29(23(22)25)16-19-9-7-6-8-10-19/h6-14,21H,5,15-16H2,1-4H3,(H,26,30). The Kier molecular flexibility index (Phi) is 7.29. The second-order valence-electron chi connectivity index (χ2n) is 7.68. The minimum absolute atomic E-state index is 0.0679. The Morgan fingerprint density at radius 1 is 1.10 bits per heavy atom. The van der Waals surface area contributed by atoms with Crippen molar-refractivity contribution >= 4 is 17.5 Å². The molecule has 0 fully saturated rings. The Bertz CT molecular complexity index is 980. The van der Waals surface area contributed by atoms with Gasteiger partial charge in [0.1, 0.15) is 5.15 Å². The van der Waals surface area contributed by atoms with Crippen molar-refractivity contribution in [3.05, 3.63) is 87.7 Å². The van der Waals surface area contributed by atoms with E-state index < -0.39 is 0 Å². The van der Waals surface area contributed by atoms with E-state index in [0.717, 1.165) is 12.0 Å². The number of carbonyl (C=O) groups is 1. The number of hydrogen-bond donors (Lipinski definition) is 1. The number of aromatic nitrogens is 2. The third-order valence-corrected chi connectivity index (χ3v) is 5.70. The second-order valence-corrected chi connectivity index (χ2v) is 8.04. The molecule has 1 unspecified atom stereocenters. The molecule has 1 heterocycles. The Labute approximate surface area is 183 Å². The first-order valence-corrected chi connectivity index (χ1v) is 10.6. The number of amides is 1. The highest BCUT2D eigenvalue weighted by Gasteiger charge is 2.22. The second kappa shape index (κ2) is 9.92. The number of nitrogens with one attached hydrogen (secondary N) is 1. The maximum Gasteiger partial charge on any atom is 0.256 e. The van der Waals surface area contributed by atoms with Crippen LogP contribution in [0.15, 0.2) is 54.6 Å². The van der Waals surface area contributed by atoms with Gasteiger partial charge in [-0.05, 0) is 44.1 Å². The highest BCUT2D eigenvalue weighted by molar-refractivity contribution is 6.33. The number of hydrogen-bond acceptors (Lipinski definition) is 3. The molecule has 1 N–H and O–H groups in total. The van der Waals surface area contributed by atoms with Crippen molar-refractivity contribution in [1.29, 1.82) is 0 Å². The maximum atomic E-state index is 12.9. The minimum Gasteiger partial charge on any atom is -0.350 e. The van der Waals surface area contributed by atoms with Crippen molar-refractivity contribution in [2.24, 2.45) is 0 Å². The molecule has 0 spiro atoms. The number of aryl methyl sites for hydroxylation is 2. The van der Waals surface area contributed by atoms with Crippen LogP contribution in [0.4, 0.5) is 0 Å². The Morgan fingerprint density at radius 2 is 1.77 bits per heavy atom. The van der Waals surface area contributed by atoms with Crippen molar-refractivity contribution in [3.63, 3.8) is 0 Å². The van der Waals surface area contributed by atoms with Crippen LogP contribution in [0, 0.1) is 6.92 Å². The van der Waals surface area contributed by atoms with Gasteiger partial charge in [0.2, 0.25) is 0 Å². The molecule has 1 aromatic heterocycles. The molecular weight excluding hydrogens is 396 g/mol. The molecule has 0 saturated heterocycles. The van der Waals surface area contributed by atoms with Gasteiger partial charge in [0.15, 0.2) is 0 Å². The largest absolute Gasteiger partial charge is 0.350 e. The van der Waals surface area contributed by atoms with Gasteiger partial charge in [-0.15, -0.1) is 0 Å². The number of nitrogens with zero attached hydrogens (tertiary/aromatic N) is 3. The molecule has 0 aliphatic heterocycles. The molecule has 0 radical (unpaired) electrons. The van der Waals surface area contributed by atoms with E-state index in [1.165, 1.54) is 11.1 Å². The molecule has 158 valence electrons. The molecule has 5 nitrogen and oxygen atoms in total. The van der Waals surface area contributed by atoms with Gasteiger partial charge in [-0.1, -0.05) is 73.1 Å². The van der Waals surface area contributed by atoms with Crippen LogP contribution in [-0.4, -0.2) is 41.2 Å². The van der Waals surface area contributed by atoms with Crippen molar-refractivity contribution < 1.29 is 4.79 Å². The van der Waals surface area contributed by atoms with Crippen LogP contribution in [0.1, 0.15) is 45.7 Å². The molecule has 0 aliphatic rings. The van der Waals surface area contributed by atoms with Crippen molar-refractivity contribution in [2.45, 2.75) is 32.9 Å². The van der Waals surface area contributed by atoms with Crippen molar-refractivity contribution in [1.82, 2.24) is 20.0 Å². The molecule has 0 aliphatic carbocycles. The number of halogens is 1. The smallest absolute Gasteiger partial charge is 0.256 e. The highest BCUT2D eigenvalue weighted by Crippen LogP contribution is 2.22. The molecular formula is C24H29ClN4O. The van der Waals surface area contributed by atoms with Crippen molar-refractivity contribution in [3.8, 4) is 0 Å². The van der Waals surface area contributed by atoms with E-state index in [-0.39, 0.29) is 11.9 Å². The molecule has 30 heavy (non-hydrogen) atoms. The van der Waals surface area contributed by atoms with E-state index in [1.807, 2.05) is 51.4 Å². The van der Waals surface area contributed by atoms with E-state index in [0.29, 0.717) is 29.5 Å². The van der Waals surface area contributed by atoms with Gasteiger partial charge in [-0.2, -0.15) is 5.10 Å². The average Bonchev–Trinajstić information content (AvgIpc) is 3.02. The van der Waals surface area contributed by atoms with E-state index >= 15 is 0 Å². The Morgan fingerprint density at radius 3 is 2.37 bits per heavy atom. The van der Waals surface area contributed by atoms with Crippen LogP contribution in [0.3, 0.4) is 0 Å². The lowest BCUT2D eigenvalue weighted by Crippen LogP contribution is -2.34. The van der Waals surface area contributed by atoms with Crippen LogP contribution in [-0.2, 0) is 13.0 Å². The van der Waals surface area contributed by atoms with Gasteiger partial charge in [0, 0.05) is 6.54 Å². The summed E-state index contributed by atoms with van der Waals surface area (Å²) in [4.78, 5) is 15.0. The summed E-state index contributed by atoms with van der Waals surface area (Å²) in [7, 11) is 4.03.